The molecule has 1 unspecified atom stereocenters. The second kappa shape index (κ2) is 5.29. The predicted molar refractivity (Wildman–Crippen MR) is 56.9 cm³/mol. The first-order valence-electron chi connectivity index (χ1n) is 4.54. The molecule has 0 aliphatic carbocycles. The summed E-state index contributed by atoms with van der Waals surface area (Å²) in [5.74, 6) is -0.393. The van der Waals surface area contributed by atoms with Crippen molar-refractivity contribution in [1.82, 2.24) is 0 Å². The Kier molecular flexibility index (Phi) is 4.32. The average molecular weight is 217 g/mol. The lowest BCUT2D eigenvalue weighted by Crippen LogP contribution is -2.18. The summed E-state index contributed by atoms with van der Waals surface area (Å²) < 4.78 is 13.4. The minimum absolute atomic E-state index is 0.0892. The van der Waals surface area contributed by atoms with Crippen molar-refractivity contribution in [3.63, 3.8) is 0 Å². The quantitative estimate of drug-likeness (QED) is 0.808. The van der Waals surface area contributed by atoms with Gasteiger partial charge in [-0.1, -0.05) is 17.7 Å². The molecular formula is C10H14ClFN2. The number of hydrogen-bond donors (Lipinski definition) is 2. The smallest absolute Gasteiger partial charge is 0.128 e. The standard InChI is InChI=1S/C10H14ClFN2/c11-8-2-1-3-9(12)10(8)7(6-14)4-5-13/h1-3,7H,4-6,13-14H2. The van der Waals surface area contributed by atoms with Crippen molar-refractivity contribution in [3.05, 3.63) is 34.6 Å². The topological polar surface area (TPSA) is 52.0 Å². The molecule has 1 aromatic carbocycles. The molecule has 0 spiro atoms. The predicted octanol–water partition coefficient (Wildman–Crippen LogP) is 1.87. The molecule has 4 heteroatoms. The van der Waals surface area contributed by atoms with Crippen molar-refractivity contribution in [1.29, 1.82) is 0 Å². The largest absolute Gasteiger partial charge is 0.330 e. The van der Waals surface area contributed by atoms with E-state index in [2.05, 4.69) is 0 Å². The molecule has 1 rings (SSSR count). The minimum Gasteiger partial charge on any atom is -0.330 e. The number of rotatable bonds is 4. The van der Waals surface area contributed by atoms with Gasteiger partial charge in [-0.3, -0.25) is 0 Å². The summed E-state index contributed by atoms with van der Waals surface area (Å²) >= 11 is 5.90. The van der Waals surface area contributed by atoms with Crippen molar-refractivity contribution >= 4 is 11.6 Å². The SMILES string of the molecule is NCCC(CN)c1c(F)cccc1Cl. The van der Waals surface area contributed by atoms with Crippen LogP contribution in [0.15, 0.2) is 18.2 Å². The average Bonchev–Trinajstić information content (AvgIpc) is 2.16. The van der Waals surface area contributed by atoms with Crippen molar-refractivity contribution < 1.29 is 4.39 Å². The maximum atomic E-state index is 13.4. The van der Waals surface area contributed by atoms with Gasteiger partial charge in [-0.25, -0.2) is 4.39 Å². The van der Waals surface area contributed by atoms with Crippen LogP contribution in [0.1, 0.15) is 17.9 Å². The third-order valence-electron chi connectivity index (χ3n) is 2.21. The van der Waals surface area contributed by atoms with Crippen LogP contribution in [0.2, 0.25) is 5.02 Å². The first-order valence-corrected chi connectivity index (χ1v) is 4.92. The minimum atomic E-state index is -0.304. The van der Waals surface area contributed by atoms with E-state index in [4.69, 9.17) is 23.1 Å². The fourth-order valence-electron chi connectivity index (χ4n) is 1.48. The molecule has 0 aromatic heterocycles. The summed E-state index contributed by atoms with van der Waals surface area (Å²) in [7, 11) is 0. The maximum Gasteiger partial charge on any atom is 0.128 e. The number of halogens is 2. The lowest BCUT2D eigenvalue weighted by molar-refractivity contribution is 0.562. The molecule has 0 radical (unpaired) electrons. The van der Waals surface area contributed by atoms with Crippen LogP contribution in [0.25, 0.3) is 0 Å². The van der Waals surface area contributed by atoms with Crippen LogP contribution in [0, 0.1) is 5.82 Å². The molecule has 0 heterocycles. The molecule has 14 heavy (non-hydrogen) atoms. The second-order valence-corrected chi connectivity index (χ2v) is 3.55. The van der Waals surface area contributed by atoms with Gasteiger partial charge in [0.15, 0.2) is 0 Å². The second-order valence-electron chi connectivity index (χ2n) is 3.15. The fraction of sp³-hybridized carbons (Fsp3) is 0.400. The highest BCUT2D eigenvalue weighted by molar-refractivity contribution is 6.31. The van der Waals surface area contributed by atoms with Crippen LogP contribution >= 0.6 is 11.6 Å². The third-order valence-corrected chi connectivity index (χ3v) is 2.54. The number of nitrogens with two attached hydrogens (primary N) is 2. The molecule has 0 bridgehead atoms. The molecule has 4 N–H and O–H groups in total. The van der Waals surface area contributed by atoms with Crippen molar-refractivity contribution in [3.8, 4) is 0 Å². The van der Waals surface area contributed by atoms with E-state index in [1.165, 1.54) is 6.07 Å². The molecule has 0 amide bonds. The van der Waals surface area contributed by atoms with Crippen LogP contribution < -0.4 is 11.5 Å². The number of benzene rings is 1. The molecule has 0 saturated carbocycles. The van der Waals surface area contributed by atoms with Gasteiger partial charge in [-0.15, -0.1) is 0 Å². The van der Waals surface area contributed by atoms with E-state index in [1.807, 2.05) is 0 Å². The van der Waals surface area contributed by atoms with Gasteiger partial charge in [0.25, 0.3) is 0 Å². The number of hydrogen-bond acceptors (Lipinski definition) is 2. The van der Waals surface area contributed by atoms with Gasteiger partial charge >= 0.3 is 0 Å². The van der Waals surface area contributed by atoms with Crippen molar-refractivity contribution in [2.45, 2.75) is 12.3 Å². The summed E-state index contributed by atoms with van der Waals surface area (Å²) in [6, 6.07) is 4.64. The molecule has 2 nitrogen and oxygen atoms in total. The Morgan fingerprint density at radius 3 is 2.57 bits per heavy atom. The summed E-state index contributed by atoms with van der Waals surface area (Å²) in [5.41, 5.74) is 11.5. The van der Waals surface area contributed by atoms with E-state index >= 15 is 0 Å². The molecule has 0 aliphatic rings. The van der Waals surface area contributed by atoms with E-state index in [1.54, 1.807) is 12.1 Å². The van der Waals surface area contributed by atoms with Crippen LogP contribution in [0.3, 0.4) is 0 Å². The Morgan fingerprint density at radius 2 is 2.07 bits per heavy atom. The van der Waals surface area contributed by atoms with Crippen molar-refractivity contribution in [2.24, 2.45) is 11.5 Å². The molecule has 0 fully saturated rings. The highest BCUT2D eigenvalue weighted by Crippen LogP contribution is 2.28. The van der Waals surface area contributed by atoms with Gasteiger partial charge in [-0.2, -0.15) is 0 Å². The summed E-state index contributed by atoms with van der Waals surface area (Å²) in [6.07, 6.45) is 0.650. The fourth-order valence-corrected chi connectivity index (χ4v) is 1.80. The van der Waals surface area contributed by atoms with Crippen LogP contribution in [0.4, 0.5) is 4.39 Å². The molecular weight excluding hydrogens is 203 g/mol. The summed E-state index contributed by atoms with van der Waals surface area (Å²) in [5, 5.41) is 0.425. The van der Waals surface area contributed by atoms with Crippen molar-refractivity contribution in [2.75, 3.05) is 13.1 Å². The Hall–Kier alpha value is -0.640. The molecule has 0 aliphatic heterocycles. The molecule has 1 aromatic rings. The zero-order valence-corrected chi connectivity index (χ0v) is 8.60. The maximum absolute atomic E-state index is 13.4. The van der Waals surface area contributed by atoms with E-state index in [0.29, 0.717) is 30.1 Å². The van der Waals surface area contributed by atoms with Crippen LogP contribution in [0.5, 0.6) is 0 Å². The van der Waals surface area contributed by atoms with E-state index in [0.717, 1.165) is 0 Å². The van der Waals surface area contributed by atoms with Gasteiger partial charge < -0.3 is 11.5 Å². The molecule has 1 atom stereocenters. The van der Waals surface area contributed by atoms with Gasteiger partial charge in [0, 0.05) is 16.5 Å². The first kappa shape index (κ1) is 11.4. The van der Waals surface area contributed by atoms with Gasteiger partial charge in [0.05, 0.1) is 0 Å². The highest BCUT2D eigenvalue weighted by atomic mass is 35.5. The summed E-state index contributed by atoms with van der Waals surface area (Å²) in [6.45, 7) is 0.838. The molecule has 78 valence electrons. The highest BCUT2D eigenvalue weighted by Gasteiger charge is 2.16. The third kappa shape index (κ3) is 2.44. The Morgan fingerprint density at radius 1 is 1.36 bits per heavy atom. The summed E-state index contributed by atoms with van der Waals surface area (Å²) in [4.78, 5) is 0. The normalized spacial score (nSPS) is 12.9. The Labute approximate surface area is 88.0 Å². The zero-order chi connectivity index (χ0) is 10.6. The van der Waals surface area contributed by atoms with Crippen LogP contribution in [-0.4, -0.2) is 13.1 Å². The first-order chi connectivity index (χ1) is 6.70. The van der Waals surface area contributed by atoms with Gasteiger partial charge in [0.2, 0.25) is 0 Å². The van der Waals surface area contributed by atoms with Crippen LogP contribution in [-0.2, 0) is 0 Å². The van der Waals surface area contributed by atoms with E-state index in [9.17, 15) is 4.39 Å². The lowest BCUT2D eigenvalue weighted by Gasteiger charge is -2.16. The Balaban J connectivity index is 3.02. The van der Waals surface area contributed by atoms with Gasteiger partial charge in [0.1, 0.15) is 5.82 Å². The monoisotopic (exact) mass is 216 g/mol. The Bertz CT molecular complexity index is 284. The van der Waals surface area contributed by atoms with Gasteiger partial charge in [-0.05, 0) is 31.6 Å². The zero-order valence-electron chi connectivity index (χ0n) is 7.84. The van der Waals surface area contributed by atoms with E-state index < -0.39 is 0 Å². The van der Waals surface area contributed by atoms with E-state index in [-0.39, 0.29) is 11.7 Å². The molecule has 0 saturated heterocycles. The lowest BCUT2D eigenvalue weighted by atomic mass is 9.95.